The lowest BCUT2D eigenvalue weighted by molar-refractivity contribution is 0.0589. The first-order valence-electron chi connectivity index (χ1n) is 8.42. The number of nitrogens with zero attached hydrogens (tertiary/aromatic N) is 2. The number of phenols is 1. The molecule has 1 amide bonds. The van der Waals surface area contributed by atoms with Crippen molar-refractivity contribution in [2.75, 3.05) is 12.4 Å². The lowest BCUT2D eigenvalue weighted by atomic mass is 10.2. The molecule has 10 heteroatoms. The average molecular weight is 417 g/mol. The van der Waals surface area contributed by atoms with Gasteiger partial charge in [0.15, 0.2) is 0 Å². The number of esters is 1. The Balaban J connectivity index is 1.85. The molecule has 0 aliphatic heterocycles. The molecule has 0 saturated carbocycles. The van der Waals surface area contributed by atoms with Crippen molar-refractivity contribution in [2.45, 2.75) is 11.8 Å². The second-order valence-corrected chi connectivity index (χ2v) is 8.20. The number of anilines is 1. The minimum absolute atomic E-state index is 0.0356. The van der Waals surface area contributed by atoms with Gasteiger partial charge >= 0.3 is 5.97 Å². The molecule has 0 bridgehead atoms. The lowest BCUT2D eigenvalue weighted by Gasteiger charge is -2.06. The number of aromatic nitrogens is 2. The van der Waals surface area contributed by atoms with Gasteiger partial charge in [-0.3, -0.25) is 4.79 Å². The van der Waals surface area contributed by atoms with E-state index in [1.54, 1.807) is 19.1 Å². The molecule has 0 aliphatic rings. The molecule has 2 aromatic heterocycles. The first-order chi connectivity index (χ1) is 13.6. The summed E-state index contributed by atoms with van der Waals surface area (Å²) in [5.74, 6) is -1.16. The molecule has 152 valence electrons. The van der Waals surface area contributed by atoms with Crippen LogP contribution in [-0.2, 0) is 21.8 Å². The highest BCUT2D eigenvalue weighted by molar-refractivity contribution is 7.90. The molecule has 0 radical (unpaired) electrons. The average Bonchev–Trinajstić information content (AvgIpc) is 3.32. The Kier molecular flexibility index (Phi) is 5.21. The van der Waals surface area contributed by atoms with E-state index < -0.39 is 21.9 Å². The van der Waals surface area contributed by atoms with Crippen molar-refractivity contribution in [1.29, 1.82) is 0 Å². The Morgan fingerprint density at radius 3 is 2.52 bits per heavy atom. The Morgan fingerprint density at radius 2 is 1.86 bits per heavy atom. The summed E-state index contributed by atoms with van der Waals surface area (Å²) in [6.07, 6.45) is 3.70. The smallest absolute Gasteiger partial charge is 0.354 e. The van der Waals surface area contributed by atoms with Gasteiger partial charge in [0.1, 0.15) is 16.3 Å². The molecule has 0 saturated heterocycles. The van der Waals surface area contributed by atoms with Gasteiger partial charge in [-0.05, 0) is 30.7 Å². The zero-order valence-corrected chi connectivity index (χ0v) is 16.7. The summed E-state index contributed by atoms with van der Waals surface area (Å²) in [7, 11) is -1.29. The second-order valence-electron chi connectivity index (χ2n) is 6.35. The molecule has 0 spiro atoms. The molecular weight excluding hydrogens is 398 g/mol. The van der Waals surface area contributed by atoms with Crippen LogP contribution in [0.25, 0.3) is 0 Å². The van der Waals surface area contributed by atoms with Gasteiger partial charge in [0, 0.05) is 37.4 Å². The third-order valence-electron chi connectivity index (χ3n) is 4.35. The molecule has 1 aromatic carbocycles. The largest absolute Gasteiger partial charge is 0.508 e. The van der Waals surface area contributed by atoms with Crippen LogP contribution in [0.3, 0.4) is 0 Å². The molecule has 0 atom stereocenters. The number of carbonyl (C=O) groups is 2. The first kappa shape index (κ1) is 20.2. The number of methoxy groups -OCH3 is 1. The predicted octanol–water partition coefficient (Wildman–Crippen LogP) is 2.12. The normalized spacial score (nSPS) is 11.3. The van der Waals surface area contributed by atoms with E-state index in [0.29, 0.717) is 11.3 Å². The van der Waals surface area contributed by atoms with Crippen molar-refractivity contribution in [1.82, 2.24) is 8.54 Å². The van der Waals surface area contributed by atoms with E-state index in [-0.39, 0.29) is 21.9 Å². The maximum absolute atomic E-state index is 12.8. The van der Waals surface area contributed by atoms with Crippen LogP contribution in [0.1, 0.15) is 26.4 Å². The van der Waals surface area contributed by atoms with E-state index in [0.717, 1.165) is 3.97 Å². The van der Waals surface area contributed by atoms with Crippen molar-refractivity contribution in [3.63, 3.8) is 0 Å². The quantitative estimate of drug-likeness (QED) is 0.614. The van der Waals surface area contributed by atoms with Crippen LogP contribution in [0.5, 0.6) is 5.75 Å². The molecule has 2 N–H and O–H groups in total. The number of amides is 1. The number of hydrogen-bond acceptors (Lipinski definition) is 6. The van der Waals surface area contributed by atoms with Gasteiger partial charge in [-0.1, -0.05) is 6.07 Å². The predicted molar refractivity (Wildman–Crippen MR) is 105 cm³/mol. The molecule has 29 heavy (non-hydrogen) atoms. The number of aryl methyl sites for hydroxylation is 2. The number of hydrogen-bond donors (Lipinski definition) is 2. The maximum atomic E-state index is 12.8. The van der Waals surface area contributed by atoms with Crippen LogP contribution in [0.15, 0.2) is 53.8 Å². The summed E-state index contributed by atoms with van der Waals surface area (Å²) in [4.78, 5) is 24.0. The fraction of sp³-hybridized carbons (Fsp3) is 0.158. The number of ether oxygens (including phenoxy) is 1. The van der Waals surface area contributed by atoms with Gasteiger partial charge in [-0.15, -0.1) is 0 Å². The van der Waals surface area contributed by atoms with Gasteiger partial charge in [0.25, 0.3) is 15.9 Å². The standard InChI is InChI=1S/C19H19N3O6S/c1-12-4-5-14(8-17(12)23)20-18(24)13-6-7-22(10-13)29(26,27)15-9-16(19(25)28-3)21(2)11-15/h4-11,23H,1-3H3,(H,20,24). The molecule has 0 unspecified atom stereocenters. The summed E-state index contributed by atoms with van der Waals surface area (Å²) >= 11 is 0. The number of phenolic OH excluding ortho intramolecular Hbond substituents is 1. The topological polar surface area (TPSA) is 120 Å². The molecule has 3 rings (SSSR count). The third kappa shape index (κ3) is 3.87. The van der Waals surface area contributed by atoms with Gasteiger partial charge in [0.05, 0.1) is 12.7 Å². The first-order valence-corrected chi connectivity index (χ1v) is 9.86. The number of rotatable bonds is 5. The van der Waals surface area contributed by atoms with Crippen molar-refractivity contribution in [3.8, 4) is 5.75 Å². The number of aromatic hydroxyl groups is 1. The Morgan fingerprint density at radius 1 is 1.14 bits per heavy atom. The molecule has 0 fully saturated rings. The lowest BCUT2D eigenvalue weighted by Crippen LogP contribution is -2.13. The van der Waals surface area contributed by atoms with E-state index in [2.05, 4.69) is 10.1 Å². The highest BCUT2D eigenvalue weighted by Crippen LogP contribution is 2.22. The third-order valence-corrected chi connectivity index (χ3v) is 5.95. The highest BCUT2D eigenvalue weighted by atomic mass is 32.2. The van der Waals surface area contributed by atoms with Gasteiger partial charge < -0.3 is 19.7 Å². The fourth-order valence-electron chi connectivity index (χ4n) is 2.66. The van der Waals surface area contributed by atoms with Crippen LogP contribution in [0.4, 0.5) is 5.69 Å². The Bertz CT molecular complexity index is 1210. The van der Waals surface area contributed by atoms with Crippen LogP contribution < -0.4 is 5.32 Å². The summed E-state index contributed by atoms with van der Waals surface area (Å²) in [5.41, 5.74) is 1.22. The number of carbonyl (C=O) groups excluding carboxylic acids is 2. The van der Waals surface area contributed by atoms with Crippen molar-refractivity contribution in [2.24, 2.45) is 7.05 Å². The van der Waals surface area contributed by atoms with Crippen molar-refractivity contribution in [3.05, 3.63) is 65.7 Å². The van der Waals surface area contributed by atoms with Crippen LogP contribution in [0.2, 0.25) is 0 Å². The zero-order valence-electron chi connectivity index (χ0n) is 15.9. The molecule has 0 aliphatic carbocycles. The second kappa shape index (κ2) is 7.47. The number of nitrogens with one attached hydrogen (secondary N) is 1. The molecule has 9 nitrogen and oxygen atoms in total. The van der Waals surface area contributed by atoms with E-state index in [1.807, 2.05) is 0 Å². The highest BCUT2D eigenvalue weighted by Gasteiger charge is 2.23. The van der Waals surface area contributed by atoms with Gasteiger partial charge in [-0.25, -0.2) is 17.2 Å². The van der Waals surface area contributed by atoms with E-state index in [4.69, 9.17) is 0 Å². The maximum Gasteiger partial charge on any atom is 0.354 e. The van der Waals surface area contributed by atoms with E-state index in [9.17, 15) is 23.1 Å². The summed E-state index contributed by atoms with van der Waals surface area (Å²) in [6, 6.07) is 7.23. The summed E-state index contributed by atoms with van der Waals surface area (Å²) < 4.78 is 32.5. The van der Waals surface area contributed by atoms with Crippen LogP contribution >= 0.6 is 0 Å². The zero-order chi connectivity index (χ0) is 21.3. The SMILES string of the molecule is COC(=O)c1cc(S(=O)(=O)n2ccc(C(=O)Nc3ccc(C)c(O)c3)c2)cn1C. The van der Waals surface area contributed by atoms with E-state index in [1.165, 1.54) is 55.5 Å². The summed E-state index contributed by atoms with van der Waals surface area (Å²) in [6.45, 7) is 1.72. The minimum Gasteiger partial charge on any atom is -0.508 e. The Labute approximate surface area is 167 Å². The summed E-state index contributed by atoms with van der Waals surface area (Å²) in [5, 5.41) is 12.3. The molecule has 3 aromatic rings. The van der Waals surface area contributed by atoms with Gasteiger partial charge in [-0.2, -0.15) is 0 Å². The Hall–Kier alpha value is -3.53. The van der Waals surface area contributed by atoms with E-state index >= 15 is 0 Å². The van der Waals surface area contributed by atoms with Crippen molar-refractivity contribution < 1.29 is 27.9 Å². The molecular formula is C19H19N3O6S. The molecule has 2 heterocycles. The van der Waals surface area contributed by atoms with Crippen LogP contribution in [-0.4, -0.2) is 41.1 Å². The monoisotopic (exact) mass is 417 g/mol. The number of benzene rings is 1. The van der Waals surface area contributed by atoms with Crippen LogP contribution in [0, 0.1) is 6.92 Å². The minimum atomic E-state index is -4.01. The fourth-order valence-corrected chi connectivity index (χ4v) is 3.92. The van der Waals surface area contributed by atoms with Gasteiger partial charge in [0.2, 0.25) is 0 Å². The van der Waals surface area contributed by atoms with Crippen molar-refractivity contribution >= 4 is 27.6 Å².